The maximum absolute atomic E-state index is 12.5. The van der Waals surface area contributed by atoms with Crippen molar-refractivity contribution in [3.63, 3.8) is 0 Å². The third-order valence-corrected chi connectivity index (χ3v) is 4.61. The second-order valence-electron chi connectivity index (χ2n) is 5.00. The van der Waals surface area contributed by atoms with Crippen molar-refractivity contribution in [3.8, 4) is 0 Å². The summed E-state index contributed by atoms with van der Waals surface area (Å²) in [6.07, 6.45) is 4.46. The van der Waals surface area contributed by atoms with Crippen LogP contribution in [-0.2, 0) is 9.53 Å². The minimum atomic E-state index is -0.388. The summed E-state index contributed by atoms with van der Waals surface area (Å²) in [5.41, 5.74) is 0. The first-order valence-electron chi connectivity index (χ1n) is 6.86. The standard InChI is InChI=1S/C13H17N3O3S/c17-11(9-15-6-7-19-13(15)18)16-5-2-1-3-10(16)12-14-4-8-20-12/h4,8,10H,1-3,5-7,9H2. The number of hydrogen-bond acceptors (Lipinski definition) is 5. The highest BCUT2D eigenvalue weighted by Gasteiger charge is 2.32. The van der Waals surface area contributed by atoms with Gasteiger partial charge in [0, 0.05) is 18.1 Å². The van der Waals surface area contributed by atoms with E-state index in [4.69, 9.17) is 4.74 Å². The third-order valence-electron chi connectivity index (χ3n) is 3.73. The van der Waals surface area contributed by atoms with Gasteiger partial charge in [0.15, 0.2) is 0 Å². The molecule has 20 heavy (non-hydrogen) atoms. The third kappa shape index (κ3) is 2.63. The van der Waals surface area contributed by atoms with Crippen LogP contribution in [0.2, 0.25) is 0 Å². The molecule has 1 aromatic rings. The number of carbonyl (C=O) groups is 2. The van der Waals surface area contributed by atoms with Gasteiger partial charge in [0.2, 0.25) is 5.91 Å². The topological polar surface area (TPSA) is 62.7 Å². The second kappa shape index (κ2) is 5.78. The van der Waals surface area contributed by atoms with Crippen molar-refractivity contribution in [3.05, 3.63) is 16.6 Å². The highest BCUT2D eigenvalue weighted by molar-refractivity contribution is 7.09. The molecule has 0 bridgehead atoms. The number of likely N-dealkylation sites (tertiary alicyclic amines) is 1. The first kappa shape index (κ1) is 13.4. The number of rotatable bonds is 3. The largest absolute Gasteiger partial charge is 0.448 e. The number of hydrogen-bond donors (Lipinski definition) is 0. The van der Waals surface area contributed by atoms with Gasteiger partial charge in [0.25, 0.3) is 0 Å². The quantitative estimate of drug-likeness (QED) is 0.850. The SMILES string of the molecule is O=C1OCCN1CC(=O)N1CCCCC1c1nccs1. The van der Waals surface area contributed by atoms with E-state index < -0.39 is 0 Å². The number of amides is 2. The summed E-state index contributed by atoms with van der Waals surface area (Å²) in [6.45, 7) is 1.73. The first-order valence-corrected chi connectivity index (χ1v) is 7.74. The molecule has 0 saturated carbocycles. The van der Waals surface area contributed by atoms with Crippen LogP contribution in [0, 0.1) is 0 Å². The van der Waals surface area contributed by atoms with Crippen LogP contribution in [0.25, 0.3) is 0 Å². The lowest BCUT2D eigenvalue weighted by atomic mass is 10.0. The Morgan fingerprint density at radius 1 is 1.45 bits per heavy atom. The molecular weight excluding hydrogens is 278 g/mol. The van der Waals surface area contributed by atoms with Crippen LogP contribution in [0.5, 0.6) is 0 Å². The number of aromatic nitrogens is 1. The summed E-state index contributed by atoms with van der Waals surface area (Å²) < 4.78 is 4.86. The molecule has 0 N–H and O–H groups in total. The van der Waals surface area contributed by atoms with E-state index in [1.165, 1.54) is 4.90 Å². The minimum absolute atomic E-state index is 0.0104. The summed E-state index contributed by atoms with van der Waals surface area (Å²) in [6, 6.07) is 0.0647. The zero-order valence-electron chi connectivity index (χ0n) is 11.2. The number of ether oxygens (including phenoxy) is 1. The molecule has 1 aromatic heterocycles. The fourth-order valence-corrected chi connectivity index (χ4v) is 3.49. The van der Waals surface area contributed by atoms with Gasteiger partial charge in [-0.1, -0.05) is 0 Å². The van der Waals surface area contributed by atoms with Gasteiger partial charge >= 0.3 is 6.09 Å². The molecule has 0 aliphatic carbocycles. The normalized spacial score (nSPS) is 23.0. The Bertz CT molecular complexity index is 491. The maximum atomic E-state index is 12.5. The second-order valence-corrected chi connectivity index (χ2v) is 5.93. The van der Waals surface area contributed by atoms with Crippen molar-refractivity contribution in [1.82, 2.24) is 14.8 Å². The number of cyclic esters (lactones) is 1. The summed E-state index contributed by atoms with van der Waals surface area (Å²) >= 11 is 1.58. The van der Waals surface area contributed by atoms with Crippen LogP contribution in [-0.4, -0.2) is 53.0 Å². The van der Waals surface area contributed by atoms with Gasteiger partial charge in [-0.05, 0) is 19.3 Å². The molecule has 1 unspecified atom stereocenters. The van der Waals surface area contributed by atoms with Crippen LogP contribution in [0.3, 0.4) is 0 Å². The van der Waals surface area contributed by atoms with Gasteiger partial charge in [0.1, 0.15) is 18.2 Å². The van der Waals surface area contributed by atoms with E-state index in [0.29, 0.717) is 13.2 Å². The Morgan fingerprint density at radius 3 is 3.05 bits per heavy atom. The predicted octanol–water partition coefficient (Wildman–Crippen LogP) is 1.65. The lowest BCUT2D eigenvalue weighted by Gasteiger charge is -2.35. The van der Waals surface area contributed by atoms with Gasteiger partial charge in [-0.2, -0.15) is 0 Å². The highest BCUT2D eigenvalue weighted by Crippen LogP contribution is 2.32. The Balaban J connectivity index is 1.69. The van der Waals surface area contributed by atoms with E-state index in [9.17, 15) is 9.59 Å². The molecule has 0 aromatic carbocycles. The first-order chi connectivity index (χ1) is 9.75. The molecule has 3 rings (SSSR count). The van der Waals surface area contributed by atoms with Crippen LogP contribution in [0.1, 0.15) is 30.3 Å². The Morgan fingerprint density at radius 2 is 2.35 bits per heavy atom. The number of thiazole rings is 1. The molecule has 0 radical (unpaired) electrons. The molecule has 0 spiro atoms. The Labute approximate surface area is 121 Å². The van der Waals surface area contributed by atoms with Gasteiger partial charge in [-0.15, -0.1) is 11.3 Å². The van der Waals surface area contributed by atoms with Crippen molar-refractivity contribution < 1.29 is 14.3 Å². The van der Waals surface area contributed by atoms with E-state index in [0.717, 1.165) is 30.8 Å². The van der Waals surface area contributed by atoms with E-state index in [2.05, 4.69) is 4.98 Å². The van der Waals surface area contributed by atoms with Crippen LogP contribution in [0.15, 0.2) is 11.6 Å². The molecule has 2 aliphatic heterocycles. The van der Waals surface area contributed by atoms with Crippen molar-refractivity contribution >= 4 is 23.3 Å². The van der Waals surface area contributed by atoms with Crippen LogP contribution < -0.4 is 0 Å². The molecule has 108 valence electrons. The van der Waals surface area contributed by atoms with E-state index in [1.807, 2.05) is 10.3 Å². The zero-order chi connectivity index (χ0) is 13.9. The summed E-state index contributed by atoms with van der Waals surface area (Å²) in [4.78, 5) is 31.6. The fourth-order valence-electron chi connectivity index (χ4n) is 2.71. The number of carbonyl (C=O) groups excluding carboxylic acids is 2. The van der Waals surface area contributed by atoms with Gasteiger partial charge in [0.05, 0.1) is 12.6 Å². The van der Waals surface area contributed by atoms with Crippen molar-refractivity contribution in [1.29, 1.82) is 0 Å². The minimum Gasteiger partial charge on any atom is -0.448 e. The Hall–Kier alpha value is -1.63. The molecule has 2 amide bonds. The summed E-state index contributed by atoms with van der Waals surface area (Å²) in [5.74, 6) is -0.0104. The predicted molar refractivity (Wildman–Crippen MR) is 73.3 cm³/mol. The maximum Gasteiger partial charge on any atom is 0.410 e. The summed E-state index contributed by atoms with van der Waals surface area (Å²) in [7, 11) is 0. The monoisotopic (exact) mass is 295 g/mol. The fraction of sp³-hybridized carbons (Fsp3) is 0.615. The molecule has 2 fully saturated rings. The van der Waals surface area contributed by atoms with Crippen molar-refractivity contribution in [2.75, 3.05) is 26.2 Å². The van der Waals surface area contributed by atoms with Crippen molar-refractivity contribution in [2.45, 2.75) is 25.3 Å². The molecular formula is C13H17N3O3S. The lowest BCUT2D eigenvalue weighted by Crippen LogP contribution is -2.44. The molecule has 7 heteroatoms. The molecule has 2 saturated heterocycles. The number of piperidine rings is 1. The molecule has 6 nitrogen and oxygen atoms in total. The lowest BCUT2D eigenvalue weighted by molar-refractivity contribution is -0.135. The number of nitrogens with zero attached hydrogens (tertiary/aromatic N) is 3. The Kier molecular flexibility index (Phi) is 3.86. The average molecular weight is 295 g/mol. The van der Waals surface area contributed by atoms with Crippen molar-refractivity contribution in [2.24, 2.45) is 0 Å². The van der Waals surface area contributed by atoms with Crippen LogP contribution >= 0.6 is 11.3 Å². The molecule has 2 aliphatic rings. The van der Waals surface area contributed by atoms with E-state index in [-0.39, 0.29) is 24.6 Å². The van der Waals surface area contributed by atoms with Gasteiger partial charge in [-0.3, -0.25) is 9.69 Å². The highest BCUT2D eigenvalue weighted by atomic mass is 32.1. The molecule has 3 heterocycles. The average Bonchev–Trinajstić information content (AvgIpc) is 3.11. The van der Waals surface area contributed by atoms with E-state index >= 15 is 0 Å². The van der Waals surface area contributed by atoms with E-state index in [1.54, 1.807) is 17.5 Å². The van der Waals surface area contributed by atoms with Gasteiger partial charge < -0.3 is 9.64 Å². The zero-order valence-corrected chi connectivity index (χ0v) is 12.0. The summed E-state index contributed by atoms with van der Waals surface area (Å²) in [5, 5.41) is 2.92. The smallest absolute Gasteiger partial charge is 0.410 e. The molecule has 1 atom stereocenters. The van der Waals surface area contributed by atoms with Crippen LogP contribution in [0.4, 0.5) is 4.79 Å². The van der Waals surface area contributed by atoms with Gasteiger partial charge in [-0.25, -0.2) is 9.78 Å².